The van der Waals surface area contributed by atoms with Crippen LogP contribution in [0, 0.1) is 5.41 Å². The maximum atomic E-state index is 11.6. The van der Waals surface area contributed by atoms with E-state index in [4.69, 9.17) is 5.11 Å². The van der Waals surface area contributed by atoms with E-state index < -0.39 is 11.4 Å². The first-order valence-corrected chi connectivity index (χ1v) is 5.95. The summed E-state index contributed by atoms with van der Waals surface area (Å²) in [5.74, 6) is -0.969. The van der Waals surface area contributed by atoms with Crippen LogP contribution in [-0.4, -0.2) is 38.3 Å². The Bertz CT molecular complexity index is 426. The number of hydrogen-bond donors (Lipinski definition) is 2. The lowest BCUT2D eigenvalue weighted by Crippen LogP contribution is -2.47. The molecule has 0 saturated heterocycles. The number of hydrogen-bond acceptors (Lipinski definition) is 4. The zero-order chi connectivity index (χ0) is 13.0. The summed E-state index contributed by atoms with van der Waals surface area (Å²) in [6.07, 6.45) is 5.43. The molecule has 0 aliphatic heterocycles. The standard InChI is InChI=1S/C11H16N4O3/c16-9(2-5-15-8-12-7-14-15)13-6-11(10(17)18)3-1-4-11/h7-8H,1-6H2,(H,13,16)(H,17,18). The van der Waals surface area contributed by atoms with Gasteiger partial charge in [-0.25, -0.2) is 4.98 Å². The van der Waals surface area contributed by atoms with Gasteiger partial charge >= 0.3 is 5.97 Å². The predicted octanol–water partition coefficient (Wildman–Crippen LogP) is 0.0393. The third kappa shape index (κ3) is 2.66. The van der Waals surface area contributed by atoms with Crippen LogP contribution in [0.4, 0.5) is 0 Å². The van der Waals surface area contributed by atoms with E-state index in [1.807, 2.05) is 0 Å². The molecule has 0 bridgehead atoms. The Morgan fingerprint density at radius 1 is 1.44 bits per heavy atom. The van der Waals surface area contributed by atoms with Crippen LogP contribution in [0.1, 0.15) is 25.7 Å². The van der Waals surface area contributed by atoms with Gasteiger partial charge in [0.15, 0.2) is 0 Å². The highest BCUT2D eigenvalue weighted by Gasteiger charge is 2.44. The van der Waals surface area contributed by atoms with Crippen LogP contribution in [0.25, 0.3) is 0 Å². The van der Waals surface area contributed by atoms with Gasteiger partial charge in [0.05, 0.1) is 12.0 Å². The average molecular weight is 252 g/mol. The summed E-state index contributed by atoms with van der Waals surface area (Å²) < 4.78 is 1.57. The van der Waals surface area contributed by atoms with Crippen molar-refractivity contribution in [3.63, 3.8) is 0 Å². The van der Waals surface area contributed by atoms with Crippen molar-refractivity contribution in [2.24, 2.45) is 5.41 Å². The van der Waals surface area contributed by atoms with E-state index in [1.165, 1.54) is 12.7 Å². The van der Waals surface area contributed by atoms with E-state index >= 15 is 0 Å². The lowest BCUT2D eigenvalue weighted by Gasteiger charge is -2.37. The van der Waals surface area contributed by atoms with E-state index in [2.05, 4.69) is 15.4 Å². The maximum Gasteiger partial charge on any atom is 0.311 e. The highest BCUT2D eigenvalue weighted by Crippen LogP contribution is 2.40. The van der Waals surface area contributed by atoms with E-state index in [-0.39, 0.29) is 18.9 Å². The largest absolute Gasteiger partial charge is 0.481 e. The van der Waals surface area contributed by atoms with Crippen molar-refractivity contribution >= 4 is 11.9 Å². The van der Waals surface area contributed by atoms with Crippen LogP contribution in [-0.2, 0) is 16.1 Å². The fraction of sp³-hybridized carbons (Fsp3) is 0.636. The van der Waals surface area contributed by atoms with E-state index in [0.29, 0.717) is 19.4 Å². The zero-order valence-corrected chi connectivity index (χ0v) is 10.0. The fourth-order valence-electron chi connectivity index (χ4n) is 1.99. The topological polar surface area (TPSA) is 97.1 Å². The van der Waals surface area contributed by atoms with Gasteiger partial charge in [0.25, 0.3) is 0 Å². The number of carboxylic acid groups (broad SMARTS) is 1. The third-order valence-electron chi connectivity index (χ3n) is 3.42. The van der Waals surface area contributed by atoms with Crippen molar-refractivity contribution in [2.75, 3.05) is 6.54 Å². The lowest BCUT2D eigenvalue weighted by atomic mass is 9.69. The fourth-order valence-corrected chi connectivity index (χ4v) is 1.99. The second-order valence-electron chi connectivity index (χ2n) is 4.62. The molecule has 2 rings (SSSR count). The first kappa shape index (κ1) is 12.5. The minimum Gasteiger partial charge on any atom is -0.481 e. The Morgan fingerprint density at radius 3 is 2.72 bits per heavy atom. The number of nitrogens with zero attached hydrogens (tertiary/aromatic N) is 3. The van der Waals surface area contributed by atoms with Crippen LogP contribution in [0.3, 0.4) is 0 Å². The maximum absolute atomic E-state index is 11.6. The van der Waals surface area contributed by atoms with Gasteiger partial charge in [-0.05, 0) is 12.8 Å². The van der Waals surface area contributed by atoms with Gasteiger partial charge in [0, 0.05) is 13.0 Å². The van der Waals surface area contributed by atoms with Crippen LogP contribution in [0.2, 0.25) is 0 Å². The summed E-state index contributed by atoms with van der Waals surface area (Å²) in [5.41, 5.74) is -0.733. The minimum atomic E-state index is -0.815. The molecule has 2 N–H and O–H groups in total. The van der Waals surface area contributed by atoms with Crippen molar-refractivity contribution in [3.8, 4) is 0 Å². The number of amides is 1. The van der Waals surface area contributed by atoms with Gasteiger partial charge in [0.2, 0.25) is 5.91 Å². The quantitative estimate of drug-likeness (QED) is 0.745. The number of carbonyl (C=O) groups excluding carboxylic acids is 1. The molecule has 1 heterocycles. The second-order valence-corrected chi connectivity index (χ2v) is 4.62. The lowest BCUT2D eigenvalue weighted by molar-refractivity contribution is -0.154. The number of carbonyl (C=O) groups is 2. The molecule has 1 aliphatic carbocycles. The van der Waals surface area contributed by atoms with Crippen LogP contribution < -0.4 is 5.32 Å². The van der Waals surface area contributed by atoms with Crippen LogP contribution >= 0.6 is 0 Å². The van der Waals surface area contributed by atoms with Gasteiger partial charge < -0.3 is 10.4 Å². The molecule has 98 valence electrons. The van der Waals surface area contributed by atoms with Crippen molar-refractivity contribution in [3.05, 3.63) is 12.7 Å². The van der Waals surface area contributed by atoms with Gasteiger partial charge in [-0.1, -0.05) is 6.42 Å². The third-order valence-corrected chi connectivity index (χ3v) is 3.42. The van der Waals surface area contributed by atoms with Gasteiger partial charge in [0.1, 0.15) is 12.7 Å². The van der Waals surface area contributed by atoms with E-state index in [1.54, 1.807) is 4.68 Å². The minimum absolute atomic E-state index is 0.155. The highest BCUT2D eigenvalue weighted by molar-refractivity contribution is 5.79. The molecule has 18 heavy (non-hydrogen) atoms. The summed E-state index contributed by atoms with van der Waals surface area (Å²) in [4.78, 5) is 26.4. The van der Waals surface area contributed by atoms with E-state index in [9.17, 15) is 9.59 Å². The Morgan fingerprint density at radius 2 is 2.22 bits per heavy atom. The Kier molecular flexibility index (Phi) is 3.59. The predicted molar refractivity (Wildman–Crippen MR) is 61.6 cm³/mol. The number of nitrogens with one attached hydrogen (secondary N) is 1. The number of aryl methyl sites for hydroxylation is 1. The van der Waals surface area contributed by atoms with Crippen molar-refractivity contribution in [2.45, 2.75) is 32.2 Å². The smallest absolute Gasteiger partial charge is 0.311 e. The van der Waals surface area contributed by atoms with E-state index in [0.717, 1.165) is 6.42 Å². The molecule has 1 aromatic heterocycles. The highest BCUT2D eigenvalue weighted by atomic mass is 16.4. The molecule has 7 heteroatoms. The summed E-state index contributed by atoms with van der Waals surface area (Å²) in [6, 6.07) is 0. The molecule has 0 atom stereocenters. The molecule has 0 spiro atoms. The van der Waals surface area contributed by atoms with Gasteiger partial charge in [-0.3, -0.25) is 14.3 Å². The van der Waals surface area contributed by atoms with Crippen molar-refractivity contribution < 1.29 is 14.7 Å². The number of aliphatic carboxylic acids is 1. The van der Waals surface area contributed by atoms with Crippen molar-refractivity contribution in [1.29, 1.82) is 0 Å². The Labute approximate surface area is 104 Å². The molecule has 1 saturated carbocycles. The normalized spacial score (nSPS) is 16.9. The monoisotopic (exact) mass is 252 g/mol. The van der Waals surface area contributed by atoms with Gasteiger partial charge in [-0.15, -0.1) is 0 Å². The summed E-state index contributed by atoms with van der Waals surface area (Å²) in [7, 11) is 0. The number of rotatable bonds is 6. The Hall–Kier alpha value is -1.92. The SMILES string of the molecule is O=C(CCn1cncn1)NCC1(C(=O)O)CCC1. The summed E-state index contributed by atoms with van der Waals surface area (Å²) in [5, 5.41) is 15.7. The number of aromatic nitrogens is 3. The molecule has 0 unspecified atom stereocenters. The molecule has 1 aliphatic rings. The molecule has 7 nitrogen and oxygen atoms in total. The molecule has 0 radical (unpaired) electrons. The molecule has 1 amide bonds. The first-order valence-electron chi connectivity index (χ1n) is 5.95. The number of carboxylic acids is 1. The van der Waals surface area contributed by atoms with Crippen molar-refractivity contribution in [1.82, 2.24) is 20.1 Å². The molecular formula is C11H16N4O3. The average Bonchev–Trinajstić information content (AvgIpc) is 2.77. The second kappa shape index (κ2) is 5.16. The Balaban J connectivity index is 1.73. The molecular weight excluding hydrogens is 236 g/mol. The van der Waals surface area contributed by atoms with Crippen LogP contribution in [0.15, 0.2) is 12.7 Å². The molecule has 0 aromatic carbocycles. The van der Waals surface area contributed by atoms with Crippen LogP contribution in [0.5, 0.6) is 0 Å². The molecule has 1 fully saturated rings. The summed E-state index contributed by atoms with van der Waals surface area (Å²) in [6.45, 7) is 0.671. The zero-order valence-electron chi connectivity index (χ0n) is 10.0. The molecule has 1 aromatic rings. The first-order chi connectivity index (χ1) is 8.62. The summed E-state index contributed by atoms with van der Waals surface area (Å²) >= 11 is 0. The van der Waals surface area contributed by atoms with Gasteiger partial charge in [-0.2, -0.15) is 5.10 Å².